The van der Waals surface area contributed by atoms with E-state index in [0.29, 0.717) is 0 Å². The molecule has 0 amide bonds. The first-order chi connectivity index (χ1) is 11.9. The smallest absolute Gasteiger partial charge is 0.202 e. The third-order valence-corrected chi connectivity index (χ3v) is 4.30. The Kier molecular flexibility index (Phi) is 4.95. The molecule has 0 aliphatic heterocycles. The van der Waals surface area contributed by atoms with E-state index in [4.69, 9.17) is 4.74 Å². The summed E-state index contributed by atoms with van der Waals surface area (Å²) in [5.41, 5.74) is 2.02. The number of aliphatic hydroxyl groups is 1. The van der Waals surface area contributed by atoms with Crippen molar-refractivity contribution in [1.82, 2.24) is 4.57 Å². The molecule has 1 heterocycles. The van der Waals surface area contributed by atoms with Crippen LogP contribution in [0.3, 0.4) is 0 Å². The SMILES string of the molecule is CC(C)(C)C(O)C(Oc1ccc(-c2ccccc2)cc1)n1cccc1. The highest BCUT2D eigenvalue weighted by molar-refractivity contribution is 5.63. The molecule has 0 bridgehead atoms. The molecule has 0 aliphatic carbocycles. The molecular weight excluding hydrogens is 310 g/mol. The monoisotopic (exact) mass is 335 g/mol. The lowest BCUT2D eigenvalue weighted by Gasteiger charge is -2.34. The van der Waals surface area contributed by atoms with Gasteiger partial charge in [-0.15, -0.1) is 0 Å². The van der Waals surface area contributed by atoms with E-state index in [1.54, 1.807) is 0 Å². The van der Waals surface area contributed by atoms with E-state index in [-0.39, 0.29) is 5.41 Å². The molecule has 1 N–H and O–H groups in total. The molecule has 3 heteroatoms. The Bertz CT molecular complexity index is 771. The van der Waals surface area contributed by atoms with Crippen LogP contribution in [0.25, 0.3) is 11.1 Å². The van der Waals surface area contributed by atoms with Crippen molar-refractivity contribution in [2.24, 2.45) is 5.41 Å². The summed E-state index contributed by atoms with van der Waals surface area (Å²) in [5.74, 6) is 0.738. The zero-order chi connectivity index (χ0) is 17.9. The highest BCUT2D eigenvalue weighted by atomic mass is 16.5. The number of rotatable bonds is 5. The number of hydrogen-bond donors (Lipinski definition) is 1. The van der Waals surface area contributed by atoms with Crippen molar-refractivity contribution in [1.29, 1.82) is 0 Å². The second-order valence-electron chi connectivity index (χ2n) is 7.34. The summed E-state index contributed by atoms with van der Waals surface area (Å²) in [5, 5.41) is 10.8. The van der Waals surface area contributed by atoms with Crippen molar-refractivity contribution >= 4 is 0 Å². The van der Waals surface area contributed by atoms with Crippen molar-refractivity contribution < 1.29 is 9.84 Å². The third-order valence-electron chi connectivity index (χ3n) is 4.30. The standard InChI is InChI=1S/C22H25NO2/c1-22(2,3)20(24)21(23-15-7-8-16-23)25-19-13-11-18(12-14-19)17-9-5-4-6-10-17/h4-16,20-21,24H,1-3H3. The van der Waals surface area contributed by atoms with Crippen LogP contribution in [0, 0.1) is 5.41 Å². The van der Waals surface area contributed by atoms with Gasteiger partial charge in [0.25, 0.3) is 0 Å². The number of benzene rings is 2. The quantitative estimate of drug-likeness (QED) is 0.700. The molecular formula is C22H25NO2. The average molecular weight is 335 g/mol. The van der Waals surface area contributed by atoms with Gasteiger partial charge in [0.1, 0.15) is 11.9 Å². The molecule has 0 saturated carbocycles. The molecule has 0 spiro atoms. The Hall–Kier alpha value is -2.52. The second kappa shape index (κ2) is 7.16. The Morgan fingerprint density at radius 3 is 1.92 bits per heavy atom. The summed E-state index contributed by atoms with van der Waals surface area (Å²) in [6, 6.07) is 22.1. The Morgan fingerprint density at radius 1 is 0.800 bits per heavy atom. The number of ether oxygens (including phenoxy) is 1. The number of nitrogens with zero attached hydrogens (tertiary/aromatic N) is 1. The molecule has 25 heavy (non-hydrogen) atoms. The topological polar surface area (TPSA) is 34.4 Å². The average Bonchev–Trinajstić information content (AvgIpc) is 3.14. The Labute approximate surface area is 149 Å². The highest BCUT2D eigenvalue weighted by Crippen LogP contribution is 2.31. The van der Waals surface area contributed by atoms with E-state index in [1.165, 1.54) is 5.56 Å². The van der Waals surface area contributed by atoms with Crippen molar-refractivity contribution in [2.45, 2.75) is 33.1 Å². The van der Waals surface area contributed by atoms with Gasteiger partial charge in [-0.05, 0) is 40.8 Å². The number of hydrogen-bond acceptors (Lipinski definition) is 2. The number of aromatic nitrogens is 1. The molecule has 2 aromatic carbocycles. The van der Waals surface area contributed by atoms with Crippen LogP contribution in [-0.4, -0.2) is 15.8 Å². The molecule has 1 aromatic heterocycles. The first-order valence-corrected chi connectivity index (χ1v) is 8.58. The summed E-state index contributed by atoms with van der Waals surface area (Å²) < 4.78 is 8.05. The first-order valence-electron chi connectivity index (χ1n) is 8.58. The predicted octanol–water partition coefficient (Wildman–Crippen LogP) is 5.14. The second-order valence-corrected chi connectivity index (χ2v) is 7.34. The van der Waals surface area contributed by atoms with Crippen molar-refractivity contribution in [3.63, 3.8) is 0 Å². The Morgan fingerprint density at radius 2 is 1.36 bits per heavy atom. The minimum Gasteiger partial charge on any atom is -0.467 e. The predicted molar refractivity (Wildman–Crippen MR) is 101 cm³/mol. The summed E-state index contributed by atoms with van der Waals surface area (Å²) in [6.45, 7) is 6.03. The van der Waals surface area contributed by atoms with Crippen molar-refractivity contribution in [3.05, 3.63) is 79.1 Å². The molecule has 3 aromatic rings. The summed E-state index contributed by atoms with van der Waals surface area (Å²) >= 11 is 0. The van der Waals surface area contributed by atoms with Crippen LogP contribution in [0.5, 0.6) is 5.75 Å². The molecule has 130 valence electrons. The fourth-order valence-electron chi connectivity index (χ4n) is 2.73. The molecule has 3 nitrogen and oxygen atoms in total. The van der Waals surface area contributed by atoms with E-state index in [0.717, 1.165) is 11.3 Å². The van der Waals surface area contributed by atoms with Crippen LogP contribution in [0.15, 0.2) is 79.1 Å². The maximum absolute atomic E-state index is 10.8. The maximum atomic E-state index is 10.8. The molecule has 3 rings (SSSR count). The fourth-order valence-corrected chi connectivity index (χ4v) is 2.73. The summed E-state index contributed by atoms with van der Waals surface area (Å²) in [4.78, 5) is 0. The fraction of sp³-hybridized carbons (Fsp3) is 0.273. The van der Waals surface area contributed by atoms with E-state index in [1.807, 2.05) is 92.3 Å². The summed E-state index contributed by atoms with van der Waals surface area (Å²) in [7, 11) is 0. The zero-order valence-electron chi connectivity index (χ0n) is 15.0. The molecule has 0 saturated heterocycles. The third kappa shape index (κ3) is 4.12. The molecule has 0 fully saturated rings. The van der Waals surface area contributed by atoms with Gasteiger partial charge in [0, 0.05) is 12.4 Å². The van der Waals surface area contributed by atoms with Crippen LogP contribution in [0.4, 0.5) is 0 Å². The highest BCUT2D eigenvalue weighted by Gasteiger charge is 2.33. The largest absolute Gasteiger partial charge is 0.467 e. The van der Waals surface area contributed by atoms with Gasteiger partial charge in [0.2, 0.25) is 6.23 Å². The van der Waals surface area contributed by atoms with Gasteiger partial charge in [-0.3, -0.25) is 0 Å². The van der Waals surface area contributed by atoms with Crippen LogP contribution in [0.1, 0.15) is 27.0 Å². The van der Waals surface area contributed by atoms with Gasteiger partial charge in [-0.25, -0.2) is 0 Å². The van der Waals surface area contributed by atoms with Gasteiger partial charge in [-0.1, -0.05) is 63.2 Å². The van der Waals surface area contributed by atoms with Gasteiger partial charge in [-0.2, -0.15) is 0 Å². The first kappa shape index (κ1) is 17.3. The zero-order valence-corrected chi connectivity index (χ0v) is 15.0. The Balaban J connectivity index is 1.83. The van der Waals surface area contributed by atoms with Gasteiger partial charge < -0.3 is 14.4 Å². The van der Waals surface area contributed by atoms with Crippen LogP contribution in [0.2, 0.25) is 0 Å². The molecule has 0 radical (unpaired) electrons. The van der Waals surface area contributed by atoms with E-state index < -0.39 is 12.3 Å². The van der Waals surface area contributed by atoms with E-state index in [9.17, 15) is 5.11 Å². The van der Waals surface area contributed by atoms with E-state index >= 15 is 0 Å². The molecule has 2 atom stereocenters. The van der Waals surface area contributed by atoms with E-state index in [2.05, 4.69) is 12.1 Å². The minimum atomic E-state index is -0.645. The van der Waals surface area contributed by atoms with Gasteiger partial charge in [0.05, 0.1) is 0 Å². The van der Waals surface area contributed by atoms with Crippen molar-refractivity contribution in [2.75, 3.05) is 0 Å². The normalized spacial score (nSPS) is 14.1. The molecule has 0 aliphatic rings. The number of aliphatic hydroxyl groups excluding tert-OH is 1. The van der Waals surface area contributed by atoms with Crippen LogP contribution in [-0.2, 0) is 0 Å². The van der Waals surface area contributed by atoms with Crippen molar-refractivity contribution in [3.8, 4) is 16.9 Å². The minimum absolute atomic E-state index is 0.293. The lowest BCUT2D eigenvalue weighted by atomic mass is 9.88. The lowest BCUT2D eigenvalue weighted by Crippen LogP contribution is -2.38. The van der Waals surface area contributed by atoms with Crippen LogP contribution >= 0.6 is 0 Å². The van der Waals surface area contributed by atoms with Gasteiger partial charge >= 0.3 is 0 Å². The maximum Gasteiger partial charge on any atom is 0.202 e. The summed E-state index contributed by atoms with van der Waals surface area (Å²) in [6.07, 6.45) is 2.71. The van der Waals surface area contributed by atoms with Crippen LogP contribution < -0.4 is 4.74 Å². The lowest BCUT2D eigenvalue weighted by molar-refractivity contribution is -0.0672. The van der Waals surface area contributed by atoms with Gasteiger partial charge in [0.15, 0.2) is 0 Å². The molecule has 2 unspecified atom stereocenters.